The lowest BCUT2D eigenvalue weighted by Gasteiger charge is -2.39. The van der Waals surface area contributed by atoms with Crippen LogP contribution in [0.3, 0.4) is 0 Å². The zero-order valence-corrected chi connectivity index (χ0v) is 21.9. The van der Waals surface area contributed by atoms with Gasteiger partial charge in [0.05, 0.1) is 32.4 Å². The quantitative estimate of drug-likeness (QED) is 0.522. The fourth-order valence-electron chi connectivity index (χ4n) is 4.43. The second-order valence-corrected chi connectivity index (χ2v) is 8.97. The third-order valence-electron chi connectivity index (χ3n) is 6.26. The molecule has 2 N–H and O–H groups in total. The van der Waals surface area contributed by atoms with Crippen LogP contribution in [0, 0.1) is 0 Å². The second-order valence-electron chi connectivity index (χ2n) is 8.97. The Morgan fingerprint density at radius 3 is 2.42 bits per heavy atom. The van der Waals surface area contributed by atoms with Crippen molar-refractivity contribution in [3.05, 3.63) is 35.0 Å². The molecule has 0 spiro atoms. The highest BCUT2D eigenvalue weighted by atomic mass is 16.5. The smallest absolute Gasteiger partial charge is 0.338 e. The molecule has 2 heterocycles. The van der Waals surface area contributed by atoms with E-state index in [9.17, 15) is 14.4 Å². The number of ether oxygens (including phenoxy) is 3. The Bertz CT molecular complexity index is 1000. The van der Waals surface area contributed by atoms with Crippen LogP contribution in [0.15, 0.2) is 29.5 Å². The van der Waals surface area contributed by atoms with Gasteiger partial charge in [0.25, 0.3) is 0 Å². The average molecular weight is 504 g/mol. The van der Waals surface area contributed by atoms with Crippen LogP contribution in [-0.2, 0) is 9.53 Å². The Hall–Kier alpha value is -3.47. The van der Waals surface area contributed by atoms with Crippen LogP contribution < -0.4 is 20.1 Å². The minimum absolute atomic E-state index is 0.0627. The molecular formula is C25H37N5O6. The van der Waals surface area contributed by atoms with Gasteiger partial charge < -0.3 is 29.7 Å². The summed E-state index contributed by atoms with van der Waals surface area (Å²) in [5.41, 5.74) is 1.48. The first-order valence-electron chi connectivity index (χ1n) is 12.1. The number of urea groups is 2. The maximum atomic E-state index is 13.3. The van der Waals surface area contributed by atoms with Crippen LogP contribution in [0.2, 0.25) is 0 Å². The summed E-state index contributed by atoms with van der Waals surface area (Å²) in [6.07, 6.45) is 0. The van der Waals surface area contributed by atoms with Gasteiger partial charge in [-0.25, -0.2) is 14.4 Å². The van der Waals surface area contributed by atoms with E-state index in [4.69, 9.17) is 14.2 Å². The zero-order chi connectivity index (χ0) is 26.4. The molecule has 36 heavy (non-hydrogen) atoms. The molecule has 198 valence electrons. The van der Waals surface area contributed by atoms with Gasteiger partial charge in [-0.3, -0.25) is 9.80 Å². The molecule has 0 unspecified atom stereocenters. The van der Waals surface area contributed by atoms with E-state index in [1.807, 2.05) is 13.8 Å². The minimum atomic E-state index is -0.786. The molecule has 11 nitrogen and oxygen atoms in total. The molecule has 0 saturated carbocycles. The van der Waals surface area contributed by atoms with E-state index in [2.05, 4.69) is 15.5 Å². The van der Waals surface area contributed by atoms with E-state index in [1.54, 1.807) is 37.1 Å². The minimum Gasteiger partial charge on any atom is -0.493 e. The average Bonchev–Trinajstić information content (AvgIpc) is 2.86. The van der Waals surface area contributed by atoms with Crippen molar-refractivity contribution < 1.29 is 28.6 Å². The fraction of sp³-hybridized carbons (Fsp3) is 0.560. The predicted octanol–water partition coefficient (Wildman–Crippen LogP) is 1.95. The van der Waals surface area contributed by atoms with Crippen molar-refractivity contribution in [2.75, 3.05) is 60.6 Å². The molecule has 0 radical (unpaired) electrons. The highest BCUT2D eigenvalue weighted by Crippen LogP contribution is 2.40. The Morgan fingerprint density at radius 1 is 1.14 bits per heavy atom. The monoisotopic (exact) mass is 503 g/mol. The van der Waals surface area contributed by atoms with Gasteiger partial charge in [-0.2, -0.15) is 0 Å². The molecule has 1 aromatic carbocycles. The SMILES string of the molecule is CCOC(=O)C1=C(CN2CCN(C(=O)NC(C)C)CC2)N(C)C(=O)N[C@H]1c1cccc(OC)c1OC. The van der Waals surface area contributed by atoms with E-state index in [0.717, 1.165) is 0 Å². The highest BCUT2D eigenvalue weighted by molar-refractivity contribution is 5.95. The van der Waals surface area contributed by atoms with E-state index in [-0.39, 0.29) is 24.7 Å². The number of rotatable bonds is 8. The summed E-state index contributed by atoms with van der Waals surface area (Å²) in [5.74, 6) is 0.411. The van der Waals surface area contributed by atoms with E-state index in [1.165, 1.54) is 19.1 Å². The van der Waals surface area contributed by atoms with Gasteiger partial charge in [0.2, 0.25) is 0 Å². The molecule has 0 aliphatic carbocycles. The lowest BCUT2D eigenvalue weighted by molar-refractivity contribution is -0.139. The summed E-state index contributed by atoms with van der Waals surface area (Å²) in [4.78, 5) is 44.0. The van der Waals surface area contributed by atoms with Crippen molar-refractivity contribution in [2.45, 2.75) is 32.9 Å². The number of benzene rings is 1. The van der Waals surface area contributed by atoms with Crippen LogP contribution >= 0.6 is 0 Å². The maximum absolute atomic E-state index is 13.3. The number of methoxy groups -OCH3 is 2. The number of nitrogens with one attached hydrogen (secondary N) is 2. The van der Waals surface area contributed by atoms with Crippen LogP contribution in [0.4, 0.5) is 9.59 Å². The van der Waals surface area contributed by atoms with E-state index < -0.39 is 12.0 Å². The molecule has 4 amide bonds. The number of carbonyl (C=O) groups excluding carboxylic acids is 3. The molecule has 2 aliphatic rings. The second kappa shape index (κ2) is 12.0. The molecule has 1 atom stereocenters. The lowest BCUT2D eigenvalue weighted by Crippen LogP contribution is -2.55. The summed E-state index contributed by atoms with van der Waals surface area (Å²) in [6.45, 7) is 8.43. The Morgan fingerprint density at radius 2 is 1.83 bits per heavy atom. The summed E-state index contributed by atoms with van der Waals surface area (Å²) in [7, 11) is 4.68. The van der Waals surface area contributed by atoms with E-state index in [0.29, 0.717) is 61.1 Å². The zero-order valence-electron chi connectivity index (χ0n) is 21.9. The van der Waals surface area contributed by atoms with Gasteiger partial charge in [0.1, 0.15) is 0 Å². The molecule has 2 aliphatic heterocycles. The number of likely N-dealkylation sites (N-methyl/N-ethyl adjacent to an activating group) is 1. The third-order valence-corrected chi connectivity index (χ3v) is 6.26. The summed E-state index contributed by atoms with van der Waals surface area (Å²) in [5, 5.41) is 5.83. The molecule has 0 aromatic heterocycles. The van der Waals surface area contributed by atoms with Crippen molar-refractivity contribution in [1.82, 2.24) is 25.3 Å². The Kier molecular flexibility index (Phi) is 9.03. The number of amides is 4. The van der Waals surface area contributed by atoms with Crippen molar-refractivity contribution in [3.8, 4) is 11.5 Å². The first-order chi connectivity index (χ1) is 17.2. The largest absolute Gasteiger partial charge is 0.493 e. The standard InChI is InChI=1S/C25H37N5O6/c1-7-36-23(31)20-18(15-29-11-13-30(14-12-29)25(33)26-16(2)3)28(4)24(32)27-21(20)17-9-8-10-19(34-5)22(17)35-6/h8-10,16,21H,7,11-15H2,1-6H3,(H,26,33)(H,27,32)/t21-/m0/s1. The fourth-order valence-corrected chi connectivity index (χ4v) is 4.43. The summed E-state index contributed by atoms with van der Waals surface area (Å²) < 4.78 is 16.5. The Labute approximate surface area is 212 Å². The molecule has 1 fully saturated rings. The van der Waals surface area contributed by atoms with Gasteiger partial charge >= 0.3 is 18.0 Å². The summed E-state index contributed by atoms with van der Waals surface area (Å²) >= 11 is 0. The van der Waals surface area contributed by atoms with Gasteiger partial charge in [-0.1, -0.05) is 12.1 Å². The van der Waals surface area contributed by atoms with E-state index >= 15 is 0 Å². The maximum Gasteiger partial charge on any atom is 0.338 e. The van der Waals surface area contributed by atoms with Crippen LogP contribution in [-0.4, -0.2) is 99.4 Å². The molecule has 11 heteroatoms. The molecule has 0 bridgehead atoms. The number of hydrogen-bond donors (Lipinski definition) is 2. The predicted molar refractivity (Wildman–Crippen MR) is 134 cm³/mol. The van der Waals surface area contributed by atoms with Gasteiger partial charge in [0.15, 0.2) is 11.5 Å². The third kappa shape index (κ3) is 5.84. The number of esters is 1. The van der Waals surface area contributed by atoms with Crippen LogP contribution in [0.25, 0.3) is 0 Å². The Balaban J connectivity index is 1.95. The number of piperazine rings is 1. The molecule has 3 rings (SSSR count). The molecular weight excluding hydrogens is 466 g/mol. The van der Waals surface area contributed by atoms with Gasteiger partial charge in [-0.05, 0) is 26.8 Å². The number of carbonyl (C=O) groups is 3. The van der Waals surface area contributed by atoms with Crippen molar-refractivity contribution in [1.29, 1.82) is 0 Å². The summed E-state index contributed by atoms with van der Waals surface area (Å²) in [6, 6.07) is 4.17. The first-order valence-corrected chi connectivity index (χ1v) is 12.1. The molecule has 1 aromatic rings. The van der Waals surface area contributed by atoms with Crippen LogP contribution in [0.1, 0.15) is 32.4 Å². The lowest BCUT2D eigenvalue weighted by atomic mass is 9.93. The topological polar surface area (TPSA) is 113 Å². The number of para-hydroxylation sites is 1. The highest BCUT2D eigenvalue weighted by Gasteiger charge is 2.39. The van der Waals surface area contributed by atoms with Crippen LogP contribution in [0.5, 0.6) is 11.5 Å². The van der Waals surface area contributed by atoms with Gasteiger partial charge in [-0.15, -0.1) is 0 Å². The number of nitrogens with zero attached hydrogens (tertiary/aromatic N) is 3. The molecule has 1 saturated heterocycles. The van der Waals surface area contributed by atoms with Crippen molar-refractivity contribution >= 4 is 18.0 Å². The van der Waals surface area contributed by atoms with Gasteiger partial charge in [0, 0.05) is 57.1 Å². The number of hydrogen-bond acceptors (Lipinski definition) is 7. The van der Waals surface area contributed by atoms with Crippen molar-refractivity contribution in [2.24, 2.45) is 0 Å². The van der Waals surface area contributed by atoms with Crippen molar-refractivity contribution in [3.63, 3.8) is 0 Å². The first kappa shape index (κ1) is 27.1. The normalized spacial score (nSPS) is 18.8.